The van der Waals surface area contributed by atoms with E-state index < -0.39 is 0 Å². The maximum absolute atomic E-state index is 13.1. The molecule has 0 radical (unpaired) electrons. The first kappa shape index (κ1) is 16.1. The number of halogens is 1. The van der Waals surface area contributed by atoms with E-state index in [1.165, 1.54) is 12.1 Å². The minimum absolute atomic E-state index is 0.157. The molecule has 0 aliphatic rings. The summed E-state index contributed by atoms with van der Waals surface area (Å²) in [4.78, 5) is 16.8. The summed E-state index contributed by atoms with van der Waals surface area (Å²) in [6.07, 6.45) is 5.81. The molecule has 26 heavy (non-hydrogen) atoms. The van der Waals surface area contributed by atoms with Gasteiger partial charge in [-0.25, -0.2) is 9.37 Å². The molecule has 6 heteroatoms. The number of fused-ring (bicyclic) bond motifs is 1. The number of furan rings is 1. The van der Waals surface area contributed by atoms with Crippen molar-refractivity contribution < 1.29 is 13.6 Å². The van der Waals surface area contributed by atoms with Crippen molar-refractivity contribution in [1.29, 1.82) is 0 Å². The summed E-state index contributed by atoms with van der Waals surface area (Å²) in [5, 5.41) is 2.87. The van der Waals surface area contributed by atoms with Gasteiger partial charge in [-0.3, -0.25) is 4.79 Å². The number of nitrogens with one attached hydrogen (secondary N) is 1. The van der Waals surface area contributed by atoms with E-state index in [1.54, 1.807) is 41.1 Å². The van der Waals surface area contributed by atoms with Crippen LogP contribution in [0.15, 0.2) is 71.6 Å². The molecule has 0 atom stereocenters. The van der Waals surface area contributed by atoms with Gasteiger partial charge < -0.3 is 14.1 Å². The summed E-state index contributed by atoms with van der Waals surface area (Å²) >= 11 is 0. The zero-order valence-electron chi connectivity index (χ0n) is 13.9. The van der Waals surface area contributed by atoms with Gasteiger partial charge in [0.25, 0.3) is 5.91 Å². The van der Waals surface area contributed by atoms with Gasteiger partial charge in [-0.2, -0.15) is 0 Å². The highest BCUT2D eigenvalue weighted by Gasteiger charge is 2.09. The molecule has 0 fully saturated rings. The quantitative estimate of drug-likeness (QED) is 0.598. The molecule has 0 aliphatic heterocycles. The van der Waals surface area contributed by atoms with Crippen molar-refractivity contribution in [1.82, 2.24) is 14.7 Å². The predicted octanol–water partition coefficient (Wildman–Crippen LogP) is 3.71. The Kier molecular flexibility index (Phi) is 4.23. The summed E-state index contributed by atoms with van der Waals surface area (Å²) in [5.41, 5.74) is 2.80. The molecule has 5 nitrogen and oxygen atoms in total. The Morgan fingerprint density at radius 2 is 1.96 bits per heavy atom. The average Bonchev–Trinajstić information content (AvgIpc) is 3.31. The number of imidazole rings is 1. The van der Waals surface area contributed by atoms with Crippen LogP contribution in [-0.4, -0.2) is 21.8 Å². The number of nitrogens with zero attached hydrogens (tertiary/aromatic N) is 2. The number of aromatic nitrogens is 2. The van der Waals surface area contributed by atoms with Crippen LogP contribution in [0, 0.1) is 5.82 Å². The van der Waals surface area contributed by atoms with Crippen molar-refractivity contribution in [3.8, 4) is 11.3 Å². The van der Waals surface area contributed by atoms with Gasteiger partial charge in [0.05, 0.1) is 17.5 Å². The molecular weight excluding hydrogens is 333 g/mol. The van der Waals surface area contributed by atoms with Crippen molar-refractivity contribution >= 4 is 11.6 Å². The molecule has 3 heterocycles. The van der Waals surface area contributed by atoms with Crippen molar-refractivity contribution in [3.63, 3.8) is 0 Å². The van der Waals surface area contributed by atoms with Gasteiger partial charge >= 0.3 is 0 Å². The van der Waals surface area contributed by atoms with Crippen LogP contribution in [-0.2, 0) is 6.42 Å². The molecule has 1 aromatic carbocycles. The van der Waals surface area contributed by atoms with E-state index in [1.807, 2.05) is 18.3 Å². The lowest BCUT2D eigenvalue weighted by atomic mass is 10.2. The molecule has 0 aliphatic carbocycles. The van der Waals surface area contributed by atoms with Crippen molar-refractivity contribution in [2.45, 2.75) is 6.42 Å². The number of hydrogen-bond donors (Lipinski definition) is 1. The Morgan fingerprint density at radius 3 is 2.73 bits per heavy atom. The fourth-order valence-corrected chi connectivity index (χ4v) is 2.74. The lowest BCUT2D eigenvalue weighted by molar-refractivity contribution is 0.0953. The number of carbonyl (C=O) groups is 1. The molecule has 0 saturated carbocycles. The zero-order chi connectivity index (χ0) is 17.9. The summed E-state index contributed by atoms with van der Waals surface area (Å²) < 4.78 is 20.1. The van der Waals surface area contributed by atoms with Gasteiger partial charge in [0, 0.05) is 30.9 Å². The molecule has 0 spiro atoms. The molecule has 130 valence electrons. The highest BCUT2D eigenvalue weighted by Crippen LogP contribution is 2.20. The molecule has 4 aromatic rings. The van der Waals surface area contributed by atoms with E-state index >= 15 is 0 Å². The van der Waals surface area contributed by atoms with E-state index in [0.29, 0.717) is 18.5 Å². The van der Waals surface area contributed by atoms with Crippen LogP contribution in [0.1, 0.15) is 16.1 Å². The smallest absolute Gasteiger partial charge is 0.252 e. The zero-order valence-corrected chi connectivity index (χ0v) is 13.9. The number of benzene rings is 1. The first-order valence-electron chi connectivity index (χ1n) is 8.24. The third kappa shape index (κ3) is 3.35. The maximum Gasteiger partial charge on any atom is 0.252 e. The molecule has 1 N–H and O–H groups in total. The van der Waals surface area contributed by atoms with Crippen LogP contribution in [0.25, 0.3) is 16.9 Å². The number of pyridine rings is 1. The second kappa shape index (κ2) is 6.84. The molecule has 0 unspecified atom stereocenters. The summed E-state index contributed by atoms with van der Waals surface area (Å²) in [6.45, 7) is 0.495. The van der Waals surface area contributed by atoms with Crippen molar-refractivity contribution in [2.75, 3.05) is 6.54 Å². The Labute approximate surface area is 149 Å². The fourth-order valence-electron chi connectivity index (χ4n) is 2.74. The average molecular weight is 349 g/mol. The molecule has 0 saturated heterocycles. The summed E-state index contributed by atoms with van der Waals surface area (Å²) in [5.74, 6) is 0.390. The molecular formula is C20H16FN3O2. The third-order valence-electron chi connectivity index (χ3n) is 4.09. The lowest BCUT2D eigenvalue weighted by Crippen LogP contribution is -2.25. The normalized spacial score (nSPS) is 11.0. The van der Waals surface area contributed by atoms with Crippen LogP contribution in [0.2, 0.25) is 0 Å². The second-order valence-corrected chi connectivity index (χ2v) is 5.90. The predicted molar refractivity (Wildman–Crippen MR) is 95.3 cm³/mol. The van der Waals surface area contributed by atoms with Crippen molar-refractivity contribution in [3.05, 3.63) is 84.3 Å². The van der Waals surface area contributed by atoms with Gasteiger partial charge in [-0.1, -0.05) is 0 Å². The van der Waals surface area contributed by atoms with Gasteiger partial charge in [0.1, 0.15) is 17.2 Å². The first-order valence-corrected chi connectivity index (χ1v) is 8.24. The highest BCUT2D eigenvalue weighted by molar-refractivity contribution is 5.94. The van der Waals surface area contributed by atoms with Gasteiger partial charge in [0.2, 0.25) is 0 Å². The Hall–Kier alpha value is -3.41. The second-order valence-electron chi connectivity index (χ2n) is 5.90. The fraction of sp³-hybridized carbons (Fsp3) is 0.100. The minimum atomic E-state index is -0.286. The number of carbonyl (C=O) groups excluding carboxylic acids is 1. The number of amides is 1. The standard InChI is InChI=1S/C20H16FN3O2/c21-16-6-3-14(4-7-16)18-13-24-12-15(5-8-19(24)23-18)20(25)22-10-9-17-2-1-11-26-17/h1-8,11-13H,9-10H2,(H,22,25). The van der Waals surface area contributed by atoms with Gasteiger partial charge in [0.15, 0.2) is 0 Å². The summed E-state index contributed by atoms with van der Waals surface area (Å²) in [6, 6.07) is 13.4. The molecule has 4 rings (SSSR count). The SMILES string of the molecule is O=C(NCCc1ccco1)c1ccc2nc(-c3ccc(F)cc3)cn2c1. The summed E-state index contributed by atoms with van der Waals surface area (Å²) in [7, 11) is 0. The monoisotopic (exact) mass is 349 g/mol. The number of rotatable bonds is 5. The Balaban J connectivity index is 1.49. The first-order chi connectivity index (χ1) is 12.7. The lowest BCUT2D eigenvalue weighted by Gasteiger charge is -2.04. The topological polar surface area (TPSA) is 59.5 Å². The number of hydrogen-bond acceptors (Lipinski definition) is 3. The molecule has 3 aromatic heterocycles. The van der Waals surface area contributed by atoms with E-state index in [2.05, 4.69) is 10.3 Å². The highest BCUT2D eigenvalue weighted by atomic mass is 19.1. The van der Waals surface area contributed by atoms with Gasteiger partial charge in [-0.15, -0.1) is 0 Å². The van der Waals surface area contributed by atoms with Crippen LogP contribution in [0.3, 0.4) is 0 Å². The largest absolute Gasteiger partial charge is 0.469 e. The Bertz CT molecular complexity index is 1040. The van der Waals surface area contributed by atoms with Crippen LogP contribution < -0.4 is 5.32 Å². The van der Waals surface area contributed by atoms with E-state index in [4.69, 9.17) is 4.42 Å². The van der Waals surface area contributed by atoms with Crippen LogP contribution in [0.4, 0.5) is 4.39 Å². The molecule has 1 amide bonds. The van der Waals surface area contributed by atoms with Gasteiger partial charge in [-0.05, 0) is 48.5 Å². The van der Waals surface area contributed by atoms with E-state index in [-0.39, 0.29) is 11.7 Å². The van der Waals surface area contributed by atoms with Crippen LogP contribution >= 0.6 is 0 Å². The van der Waals surface area contributed by atoms with E-state index in [9.17, 15) is 9.18 Å². The van der Waals surface area contributed by atoms with E-state index in [0.717, 1.165) is 22.7 Å². The Morgan fingerprint density at radius 1 is 1.12 bits per heavy atom. The van der Waals surface area contributed by atoms with Crippen LogP contribution in [0.5, 0.6) is 0 Å². The molecule has 0 bridgehead atoms. The minimum Gasteiger partial charge on any atom is -0.469 e. The van der Waals surface area contributed by atoms with Crippen molar-refractivity contribution in [2.24, 2.45) is 0 Å². The third-order valence-corrected chi connectivity index (χ3v) is 4.09. The maximum atomic E-state index is 13.1.